The first-order chi connectivity index (χ1) is 29.1. The molecule has 0 saturated carbocycles. The second-order valence-electron chi connectivity index (χ2n) is 15.1. The Balaban J connectivity index is 2.55. The van der Waals surface area contributed by atoms with E-state index in [0.717, 1.165) is 47.5 Å². The van der Waals surface area contributed by atoms with Crippen LogP contribution in [0.3, 0.4) is 0 Å². The van der Waals surface area contributed by atoms with E-state index in [4.69, 9.17) is 4.98 Å². The first-order valence-corrected chi connectivity index (χ1v) is 23.6. The number of carboxylic acids is 6. The van der Waals surface area contributed by atoms with Crippen molar-refractivity contribution in [1.82, 2.24) is 29.5 Å². The predicted molar refractivity (Wildman–Crippen MR) is 234 cm³/mol. The Morgan fingerprint density at radius 3 is 1.30 bits per heavy atom. The van der Waals surface area contributed by atoms with Crippen molar-refractivity contribution in [2.75, 3.05) is 88.5 Å². The van der Waals surface area contributed by atoms with Crippen molar-refractivity contribution in [1.29, 1.82) is 0 Å². The van der Waals surface area contributed by atoms with Crippen LogP contribution in [-0.2, 0) is 41.9 Å². The molecule has 1 fully saturated rings. The van der Waals surface area contributed by atoms with Crippen LogP contribution in [0.5, 0.6) is 0 Å². The molecular formula is C41H68N6O12S2. The molecule has 0 bridgehead atoms. The number of aromatic nitrogens is 1. The lowest BCUT2D eigenvalue weighted by Gasteiger charge is -2.39. The Morgan fingerprint density at radius 2 is 0.951 bits per heavy atom. The number of aliphatic carboxylic acids is 6. The minimum absolute atomic E-state index is 0.0173. The summed E-state index contributed by atoms with van der Waals surface area (Å²) in [5.74, 6) is -2.57. The summed E-state index contributed by atoms with van der Waals surface area (Å²) in [5.41, 5.74) is 1.68. The van der Waals surface area contributed by atoms with Crippen molar-refractivity contribution in [2.24, 2.45) is 0 Å². The fourth-order valence-corrected chi connectivity index (χ4v) is 8.78. The maximum atomic E-state index is 12.8. The van der Waals surface area contributed by atoms with E-state index < -0.39 is 53.9 Å². The van der Waals surface area contributed by atoms with Crippen LogP contribution in [0.4, 0.5) is 0 Å². The molecule has 0 aromatic carbocycles. The number of rotatable bonds is 30. The van der Waals surface area contributed by atoms with Crippen LogP contribution in [0.25, 0.3) is 0 Å². The van der Waals surface area contributed by atoms with Gasteiger partial charge >= 0.3 is 35.8 Å². The van der Waals surface area contributed by atoms with Crippen LogP contribution in [0, 0.1) is 0 Å². The van der Waals surface area contributed by atoms with Crippen molar-refractivity contribution in [3.63, 3.8) is 0 Å². The number of carboxylic acid groups (broad SMARTS) is 6. The number of hydrogen-bond acceptors (Lipinski definition) is 14. The fraction of sp³-hybridized carbons (Fsp3) is 0.732. The van der Waals surface area contributed by atoms with E-state index in [1.807, 2.05) is 41.7 Å². The zero-order chi connectivity index (χ0) is 45.2. The van der Waals surface area contributed by atoms with Crippen molar-refractivity contribution in [3.8, 4) is 0 Å². The third kappa shape index (κ3) is 22.4. The Morgan fingerprint density at radius 1 is 0.590 bits per heavy atom. The Hall–Kier alpha value is -3.53. The zero-order valence-corrected chi connectivity index (χ0v) is 37.4. The molecule has 18 nitrogen and oxygen atoms in total. The maximum Gasteiger partial charge on any atom is 0.320 e. The van der Waals surface area contributed by atoms with E-state index in [9.17, 15) is 59.4 Å². The van der Waals surface area contributed by atoms with E-state index in [0.29, 0.717) is 26.2 Å². The summed E-state index contributed by atoms with van der Waals surface area (Å²) >= 11 is 3.78. The second kappa shape index (κ2) is 30.5. The molecule has 3 atom stereocenters. The number of thioether (sulfide) groups is 2. The summed E-state index contributed by atoms with van der Waals surface area (Å²) in [5, 5.41) is 59.0. The summed E-state index contributed by atoms with van der Waals surface area (Å²) in [4.78, 5) is 86.9. The number of nitrogens with zero attached hydrogens (tertiary/aromatic N) is 6. The fourth-order valence-electron chi connectivity index (χ4n) is 7.43. The minimum Gasteiger partial charge on any atom is -0.481 e. The van der Waals surface area contributed by atoms with E-state index >= 15 is 0 Å². The van der Waals surface area contributed by atoms with Gasteiger partial charge in [-0.15, -0.1) is 0 Å². The molecule has 1 aliphatic rings. The third-order valence-corrected chi connectivity index (χ3v) is 12.4. The Bertz CT molecular complexity index is 1450. The van der Waals surface area contributed by atoms with Crippen LogP contribution >= 0.6 is 23.5 Å². The lowest BCUT2D eigenvalue weighted by atomic mass is 10.1. The molecule has 2 heterocycles. The summed E-state index contributed by atoms with van der Waals surface area (Å²) in [6, 6.07) is 2.57. The van der Waals surface area contributed by atoms with E-state index in [1.165, 1.54) is 0 Å². The quantitative estimate of drug-likeness (QED) is 0.0606. The first-order valence-electron chi connectivity index (χ1n) is 21.3. The minimum atomic E-state index is -1.20. The van der Waals surface area contributed by atoms with Crippen molar-refractivity contribution in [3.05, 3.63) is 29.6 Å². The van der Waals surface area contributed by atoms with Gasteiger partial charge in [-0.3, -0.25) is 58.3 Å². The molecule has 61 heavy (non-hydrogen) atoms. The van der Waals surface area contributed by atoms with Gasteiger partial charge in [0.2, 0.25) is 0 Å². The molecule has 20 heteroatoms. The lowest BCUT2D eigenvalue weighted by Crippen LogP contribution is -2.54. The lowest BCUT2D eigenvalue weighted by molar-refractivity contribution is -0.147. The van der Waals surface area contributed by atoms with Crippen molar-refractivity contribution >= 4 is 59.3 Å². The normalized spacial score (nSPS) is 16.9. The molecule has 0 amide bonds. The maximum absolute atomic E-state index is 12.8. The highest BCUT2D eigenvalue weighted by Crippen LogP contribution is 2.18. The van der Waals surface area contributed by atoms with Gasteiger partial charge in [-0.2, -0.15) is 23.5 Å². The molecule has 3 unspecified atom stereocenters. The highest BCUT2D eigenvalue weighted by atomic mass is 32.2. The molecule has 6 N–H and O–H groups in total. The summed E-state index contributed by atoms with van der Waals surface area (Å²) in [6.45, 7) is 8.45. The van der Waals surface area contributed by atoms with Gasteiger partial charge < -0.3 is 30.6 Å². The summed E-state index contributed by atoms with van der Waals surface area (Å²) in [6.07, 6.45) is -0.347. The van der Waals surface area contributed by atoms with Gasteiger partial charge in [0.1, 0.15) is 18.1 Å². The van der Waals surface area contributed by atoms with Crippen LogP contribution < -0.4 is 0 Å². The number of carbonyl (C=O) groups is 6. The second-order valence-corrected chi connectivity index (χ2v) is 17.9. The van der Waals surface area contributed by atoms with E-state index in [1.54, 1.807) is 14.7 Å². The van der Waals surface area contributed by atoms with Gasteiger partial charge in [-0.05, 0) is 62.2 Å². The van der Waals surface area contributed by atoms with Crippen LogP contribution in [0.1, 0.15) is 83.0 Å². The highest BCUT2D eigenvalue weighted by Gasteiger charge is 2.33. The first kappa shape index (κ1) is 53.6. The van der Waals surface area contributed by atoms with Crippen LogP contribution in [0.15, 0.2) is 18.2 Å². The third-order valence-electron chi connectivity index (χ3n) is 10.7. The monoisotopic (exact) mass is 900 g/mol. The Labute approximate surface area is 368 Å². The SMILES string of the molecule is CCSCCN(CCSCC)Cc1cccc(CN2CCN(C(CCCC(=O)O)C(=O)O)CCN(C(CCCC(=O)O)C(=O)O)CCN(C(CCCC(=O)O)C(=O)O)CC2)n1. The predicted octanol–water partition coefficient (Wildman–Crippen LogP) is 3.24. The van der Waals surface area contributed by atoms with Gasteiger partial charge in [0.25, 0.3) is 0 Å². The molecule has 1 aromatic rings. The average Bonchev–Trinajstić information content (AvgIpc) is 3.18. The highest BCUT2D eigenvalue weighted by molar-refractivity contribution is 7.99. The topological polar surface area (TPSA) is 253 Å². The molecule has 0 aliphatic carbocycles. The van der Waals surface area contributed by atoms with Crippen LogP contribution in [0.2, 0.25) is 0 Å². The largest absolute Gasteiger partial charge is 0.481 e. The molecule has 346 valence electrons. The van der Waals surface area contributed by atoms with Gasteiger partial charge in [0.15, 0.2) is 0 Å². The summed E-state index contributed by atoms with van der Waals surface area (Å²) in [7, 11) is 0. The Kier molecular flexibility index (Phi) is 26.8. The molecular weight excluding hydrogens is 833 g/mol. The van der Waals surface area contributed by atoms with E-state index in [2.05, 4.69) is 23.6 Å². The van der Waals surface area contributed by atoms with Gasteiger partial charge in [-0.25, -0.2) is 0 Å². The van der Waals surface area contributed by atoms with Crippen molar-refractivity contribution in [2.45, 2.75) is 103 Å². The molecule has 0 radical (unpaired) electrons. The van der Waals surface area contributed by atoms with Gasteiger partial charge in [0, 0.05) is 109 Å². The van der Waals surface area contributed by atoms with Crippen LogP contribution in [-0.4, -0.2) is 203 Å². The smallest absolute Gasteiger partial charge is 0.320 e. The van der Waals surface area contributed by atoms with Gasteiger partial charge in [0.05, 0.1) is 11.4 Å². The van der Waals surface area contributed by atoms with Crippen molar-refractivity contribution < 1.29 is 59.4 Å². The molecule has 0 spiro atoms. The molecule has 2 rings (SSSR count). The summed E-state index contributed by atoms with van der Waals surface area (Å²) < 4.78 is 0. The molecule has 1 aliphatic heterocycles. The zero-order valence-electron chi connectivity index (χ0n) is 35.8. The standard InChI is InChI=1S/C41H68N6O12S2/c1-3-60-27-25-44(26-28-61-4-2)30-32-10-5-9-31(42-32)29-43-17-19-45(33(39(54)55)11-6-14-36(48)49)21-23-47(35(41(58)59)13-8-16-38(52)53)24-22-46(20-18-43)34(40(56)57)12-7-15-37(50)51/h5,9-10,33-35H,3-4,6-8,11-30H2,1-2H3,(H,48,49)(H,50,51)(H,52,53)(H,54,55)(H,56,57)(H,58,59). The van der Waals surface area contributed by atoms with E-state index in [-0.39, 0.29) is 97.1 Å². The number of hydrogen-bond donors (Lipinski definition) is 6. The van der Waals surface area contributed by atoms with Gasteiger partial charge in [-0.1, -0.05) is 19.9 Å². The number of pyridine rings is 1. The molecule has 1 saturated heterocycles. The molecule has 1 aromatic heterocycles. The average molecular weight is 901 g/mol.